The lowest BCUT2D eigenvalue weighted by Crippen LogP contribution is -2.11. The van der Waals surface area contributed by atoms with Crippen LogP contribution >= 0.6 is 0 Å². The van der Waals surface area contributed by atoms with Crippen LogP contribution in [0.2, 0.25) is 0 Å². The molecule has 0 aliphatic heterocycles. The first-order chi connectivity index (χ1) is 28.2. The summed E-state index contributed by atoms with van der Waals surface area (Å²) in [6, 6.07) is 42.6. The van der Waals surface area contributed by atoms with E-state index in [0.29, 0.717) is 45.3 Å². The van der Waals surface area contributed by atoms with E-state index in [-0.39, 0.29) is 45.8 Å². The predicted octanol–water partition coefficient (Wildman–Crippen LogP) is 8.04. The number of nitrogen functional groups attached to an aromatic ring is 2. The average Bonchev–Trinajstić information content (AvgIpc) is 3.78. The van der Waals surface area contributed by atoms with Gasteiger partial charge in [-0.05, 0) is 36.4 Å². The number of carbonyl (C=O) groups is 2. The van der Waals surface area contributed by atoms with E-state index < -0.39 is 11.8 Å². The Hall–Kier alpha value is -8.66. The molecule has 16 heteroatoms. The summed E-state index contributed by atoms with van der Waals surface area (Å²) in [6.45, 7) is 0. The summed E-state index contributed by atoms with van der Waals surface area (Å²) < 4.78 is 2.89. The van der Waals surface area contributed by atoms with Gasteiger partial charge in [-0.2, -0.15) is 29.8 Å². The summed E-state index contributed by atoms with van der Waals surface area (Å²) in [5.41, 5.74) is 29.5. The van der Waals surface area contributed by atoms with E-state index in [2.05, 4.69) is 20.5 Å². The molecular weight excluding hydrogens is 733 g/mol. The molecule has 3 heterocycles. The maximum Gasteiger partial charge on any atom is 0.248 e. The molecule has 0 radical (unpaired) electrons. The zero-order valence-electron chi connectivity index (χ0n) is 30.5. The largest absolute Gasteiger partial charge is 0.382 e. The second-order valence-corrected chi connectivity index (χ2v) is 12.7. The number of anilines is 2. The fourth-order valence-electron chi connectivity index (χ4n) is 5.99. The van der Waals surface area contributed by atoms with Crippen LogP contribution in [-0.4, -0.2) is 41.3 Å². The van der Waals surface area contributed by atoms with Crippen LogP contribution in [0.3, 0.4) is 0 Å². The van der Waals surface area contributed by atoms with Crippen molar-refractivity contribution in [3.05, 3.63) is 157 Å². The second-order valence-electron chi connectivity index (χ2n) is 12.7. The Morgan fingerprint density at radius 2 is 0.862 bits per heavy atom. The topological polar surface area (TPSA) is 249 Å². The normalized spacial score (nSPS) is 11.4. The molecule has 0 bridgehead atoms. The van der Waals surface area contributed by atoms with E-state index >= 15 is 0 Å². The molecule has 0 spiro atoms. The molecule has 0 aliphatic rings. The first kappa shape index (κ1) is 36.3. The number of aromatic nitrogens is 6. The van der Waals surface area contributed by atoms with Gasteiger partial charge >= 0.3 is 0 Å². The molecule has 58 heavy (non-hydrogen) atoms. The highest BCUT2D eigenvalue weighted by Crippen LogP contribution is 2.40. The Bertz CT molecular complexity index is 2700. The summed E-state index contributed by atoms with van der Waals surface area (Å²) >= 11 is 0. The number of carbonyl (C=O) groups excluding carboxylic acids is 2. The predicted molar refractivity (Wildman–Crippen MR) is 220 cm³/mol. The number of rotatable bonds is 11. The van der Waals surface area contributed by atoms with Crippen LogP contribution in [0.5, 0.6) is 0 Å². The molecule has 3 aromatic heterocycles. The summed E-state index contributed by atoms with van der Waals surface area (Å²) in [5, 5.41) is 27.6. The van der Waals surface area contributed by atoms with E-state index in [9.17, 15) is 9.59 Å². The monoisotopic (exact) mass is 764 g/mol. The molecule has 0 unspecified atom stereocenters. The molecule has 0 saturated carbocycles. The van der Waals surface area contributed by atoms with Gasteiger partial charge in [-0.3, -0.25) is 9.59 Å². The SMILES string of the molecule is NC(=O)c1cccc(/N=N/c2c(-c3ccccc3)nn(-c3cc(-n4nc(-c5ccccc5)c(/N=N/c5cccc(C(N)=O)c5)c4N)nc(-c4ccccc4)n3)c2N)c1. The molecule has 0 aliphatic carbocycles. The number of benzene rings is 5. The molecule has 5 aromatic carbocycles. The molecule has 0 atom stereocenters. The van der Waals surface area contributed by atoms with Gasteiger partial charge in [-0.15, -0.1) is 10.2 Å². The van der Waals surface area contributed by atoms with Gasteiger partial charge in [0, 0.05) is 33.9 Å². The quantitative estimate of drug-likeness (QED) is 0.0936. The number of primary amides is 2. The second kappa shape index (κ2) is 15.6. The highest BCUT2D eigenvalue weighted by Gasteiger charge is 2.24. The van der Waals surface area contributed by atoms with E-state index in [0.717, 1.165) is 0 Å². The zero-order chi connectivity index (χ0) is 40.2. The van der Waals surface area contributed by atoms with Crippen molar-refractivity contribution in [3.8, 4) is 45.5 Å². The third-order valence-electron chi connectivity index (χ3n) is 8.84. The first-order valence-electron chi connectivity index (χ1n) is 17.7. The summed E-state index contributed by atoms with van der Waals surface area (Å²) in [5.74, 6) is -0.120. The van der Waals surface area contributed by atoms with Crippen molar-refractivity contribution < 1.29 is 9.59 Å². The van der Waals surface area contributed by atoms with Gasteiger partial charge in [0.05, 0.1) is 11.4 Å². The Morgan fingerprint density at radius 1 is 0.466 bits per heavy atom. The zero-order valence-corrected chi connectivity index (χ0v) is 30.5. The molecular formula is C42H32N14O2. The summed E-state index contributed by atoms with van der Waals surface area (Å²) in [7, 11) is 0. The van der Waals surface area contributed by atoms with E-state index in [4.69, 9.17) is 43.1 Å². The molecule has 0 fully saturated rings. The highest BCUT2D eigenvalue weighted by molar-refractivity contribution is 5.94. The molecule has 2 amide bonds. The minimum atomic E-state index is -0.595. The minimum absolute atomic E-state index is 0.114. The smallest absolute Gasteiger partial charge is 0.248 e. The Balaban J connectivity index is 1.31. The van der Waals surface area contributed by atoms with Gasteiger partial charge in [0.1, 0.15) is 11.4 Å². The Labute approximate surface area is 330 Å². The maximum atomic E-state index is 11.8. The molecule has 0 saturated heterocycles. The van der Waals surface area contributed by atoms with Crippen molar-refractivity contribution in [2.75, 3.05) is 11.5 Å². The van der Waals surface area contributed by atoms with Crippen LogP contribution in [0.25, 0.3) is 45.5 Å². The third-order valence-corrected chi connectivity index (χ3v) is 8.84. The number of azo groups is 2. The molecule has 8 rings (SSSR count). The lowest BCUT2D eigenvalue weighted by molar-refractivity contribution is 0.0992. The van der Waals surface area contributed by atoms with Gasteiger partial charge in [-0.25, -0.2) is 9.97 Å². The summed E-state index contributed by atoms with van der Waals surface area (Å²) in [4.78, 5) is 33.5. The fraction of sp³-hybridized carbons (Fsp3) is 0. The molecule has 8 N–H and O–H groups in total. The summed E-state index contributed by atoms with van der Waals surface area (Å²) in [6.07, 6.45) is 0. The lowest BCUT2D eigenvalue weighted by Gasteiger charge is -2.10. The van der Waals surface area contributed by atoms with Gasteiger partial charge < -0.3 is 22.9 Å². The number of nitrogens with zero attached hydrogens (tertiary/aromatic N) is 10. The van der Waals surface area contributed by atoms with Gasteiger partial charge in [0.15, 0.2) is 40.5 Å². The van der Waals surface area contributed by atoms with Crippen molar-refractivity contribution >= 4 is 46.2 Å². The van der Waals surface area contributed by atoms with Crippen molar-refractivity contribution in [3.63, 3.8) is 0 Å². The van der Waals surface area contributed by atoms with Crippen LogP contribution in [0.4, 0.5) is 34.4 Å². The van der Waals surface area contributed by atoms with Gasteiger partial charge in [-0.1, -0.05) is 103 Å². The van der Waals surface area contributed by atoms with E-state index in [1.165, 1.54) is 21.5 Å². The Kier molecular flexibility index (Phi) is 9.77. The van der Waals surface area contributed by atoms with Crippen LogP contribution in [0.1, 0.15) is 20.7 Å². The Morgan fingerprint density at radius 3 is 1.26 bits per heavy atom. The maximum absolute atomic E-state index is 11.8. The van der Waals surface area contributed by atoms with Crippen molar-refractivity contribution in [2.24, 2.45) is 31.9 Å². The van der Waals surface area contributed by atoms with Crippen molar-refractivity contribution in [2.45, 2.75) is 0 Å². The number of amides is 2. The van der Waals surface area contributed by atoms with Crippen LogP contribution in [-0.2, 0) is 0 Å². The van der Waals surface area contributed by atoms with Crippen molar-refractivity contribution in [1.82, 2.24) is 29.5 Å². The average molecular weight is 765 g/mol. The van der Waals surface area contributed by atoms with Gasteiger partial charge in [0.25, 0.3) is 0 Å². The molecule has 16 nitrogen and oxygen atoms in total. The first-order valence-corrected chi connectivity index (χ1v) is 17.7. The van der Waals surface area contributed by atoms with Crippen LogP contribution < -0.4 is 22.9 Å². The molecule has 8 aromatic rings. The highest BCUT2D eigenvalue weighted by atomic mass is 16.1. The number of hydrogen-bond acceptors (Lipinski definition) is 12. The van der Waals surface area contributed by atoms with Crippen molar-refractivity contribution in [1.29, 1.82) is 0 Å². The fourth-order valence-corrected chi connectivity index (χ4v) is 5.99. The standard InChI is InChI=1S/C42H32N14O2/c43-38-36(51-49-30-20-10-18-28(22-30)40(45)57)34(25-12-4-1-5-13-25)53-55(38)32-24-33(48-42(47-32)27-16-8-3-9-17-27)56-39(44)37(35(54-56)26-14-6-2-7-15-26)52-50-31-21-11-19-29(23-31)41(46)58/h1-24H,43-44H2,(H2,45,57)(H2,46,58)/b51-49+,52-50+. The van der Waals surface area contributed by atoms with Gasteiger partial charge in [0.2, 0.25) is 11.8 Å². The number of nitrogens with two attached hydrogens (primary N) is 4. The number of hydrogen-bond donors (Lipinski definition) is 4. The van der Waals surface area contributed by atoms with E-state index in [1.807, 2.05) is 91.0 Å². The lowest BCUT2D eigenvalue weighted by atomic mass is 10.1. The minimum Gasteiger partial charge on any atom is -0.382 e. The third kappa shape index (κ3) is 7.38. The van der Waals surface area contributed by atoms with Crippen LogP contribution in [0, 0.1) is 0 Å². The van der Waals surface area contributed by atoms with Crippen LogP contribution in [0.15, 0.2) is 166 Å². The molecule has 282 valence electrons. The van der Waals surface area contributed by atoms with E-state index in [1.54, 1.807) is 42.5 Å².